The van der Waals surface area contributed by atoms with Crippen LogP contribution in [0, 0.1) is 0 Å². The number of hydrazine groups is 1. The molecule has 4 nitrogen and oxygen atoms in total. The zero-order chi connectivity index (χ0) is 23.5. The van der Waals surface area contributed by atoms with Crippen molar-refractivity contribution in [3.63, 3.8) is 0 Å². The number of carbonyl (C=O) groups excluding carboxylic acids is 1. The number of ether oxygens (including phenoxy) is 1. The van der Waals surface area contributed by atoms with Crippen LogP contribution in [0.2, 0.25) is 0 Å². The number of anilines is 2. The van der Waals surface area contributed by atoms with E-state index in [2.05, 4.69) is 31.9 Å². The van der Waals surface area contributed by atoms with Crippen LogP contribution in [0.5, 0.6) is 0 Å². The Bertz CT molecular complexity index is 1270. The number of nitrogens with zero attached hydrogens (tertiary/aromatic N) is 2. The van der Waals surface area contributed by atoms with Gasteiger partial charge in [-0.05, 0) is 52.3 Å². The van der Waals surface area contributed by atoms with Crippen LogP contribution < -0.4 is 5.01 Å². The van der Waals surface area contributed by atoms with Crippen molar-refractivity contribution in [1.29, 1.82) is 0 Å². The van der Waals surface area contributed by atoms with Crippen LogP contribution in [0.3, 0.4) is 0 Å². The van der Waals surface area contributed by atoms with Crippen LogP contribution >= 0.6 is 31.9 Å². The van der Waals surface area contributed by atoms with Gasteiger partial charge in [0.15, 0.2) is 0 Å². The van der Waals surface area contributed by atoms with E-state index in [0.29, 0.717) is 10.2 Å². The molecular weight excluding hydrogens is 556 g/mol. The summed E-state index contributed by atoms with van der Waals surface area (Å²) >= 11 is 7.03. The zero-order valence-corrected chi connectivity index (χ0v) is 21.2. The molecule has 0 unspecified atom stereocenters. The van der Waals surface area contributed by atoms with E-state index in [4.69, 9.17) is 4.74 Å². The lowest BCUT2D eigenvalue weighted by molar-refractivity contribution is -0.139. The average Bonchev–Trinajstić information content (AvgIpc) is 2.89. The normalized spacial score (nSPS) is 15.8. The molecule has 1 aliphatic heterocycles. The van der Waals surface area contributed by atoms with Crippen molar-refractivity contribution < 1.29 is 9.53 Å². The Morgan fingerprint density at radius 2 is 1.18 bits per heavy atom. The molecule has 0 fully saturated rings. The molecule has 1 heterocycles. The Labute approximate surface area is 215 Å². The van der Waals surface area contributed by atoms with E-state index in [9.17, 15) is 4.79 Å². The number of para-hydroxylation sites is 2. The highest BCUT2D eigenvalue weighted by atomic mass is 79.9. The average molecular weight is 576 g/mol. The van der Waals surface area contributed by atoms with Gasteiger partial charge in [-0.2, -0.15) is 0 Å². The number of carbonyl (C=O) groups is 1. The second-order valence-corrected chi connectivity index (χ2v) is 9.37. The molecule has 0 saturated carbocycles. The summed E-state index contributed by atoms with van der Waals surface area (Å²) in [6, 6.07) is 37.1. The largest absolute Gasteiger partial charge is 0.462 e. The fourth-order valence-corrected chi connectivity index (χ4v) is 4.64. The lowest BCUT2D eigenvalue weighted by atomic mass is 10.1. The van der Waals surface area contributed by atoms with Crippen molar-refractivity contribution in [2.45, 2.75) is 6.23 Å². The van der Waals surface area contributed by atoms with Gasteiger partial charge in [-0.15, -0.1) is 0 Å². The SMILES string of the molecule is O=C1C(Br)=C(c2ccc(Br)cc2)O[C@@H](c2ccccc2)N1N(c1ccccc1)c1ccccc1. The smallest absolute Gasteiger partial charge is 0.287 e. The molecule has 1 atom stereocenters. The highest BCUT2D eigenvalue weighted by molar-refractivity contribution is 9.12. The molecule has 4 aromatic carbocycles. The van der Waals surface area contributed by atoms with Gasteiger partial charge in [0.1, 0.15) is 10.2 Å². The van der Waals surface area contributed by atoms with Gasteiger partial charge in [0.05, 0.1) is 11.4 Å². The second-order valence-electron chi connectivity index (χ2n) is 7.66. The second kappa shape index (κ2) is 9.87. The number of halogens is 2. The van der Waals surface area contributed by atoms with Crippen molar-refractivity contribution in [1.82, 2.24) is 5.01 Å². The first-order valence-electron chi connectivity index (χ1n) is 10.7. The van der Waals surface area contributed by atoms with Crippen molar-refractivity contribution in [3.05, 3.63) is 135 Å². The maximum absolute atomic E-state index is 14.0. The van der Waals surface area contributed by atoms with Gasteiger partial charge in [0.2, 0.25) is 6.23 Å². The molecule has 0 spiro atoms. The summed E-state index contributed by atoms with van der Waals surface area (Å²) < 4.78 is 7.91. The molecule has 34 heavy (non-hydrogen) atoms. The molecule has 1 amide bonds. The Balaban J connectivity index is 1.70. The number of hydrogen-bond donors (Lipinski definition) is 0. The third kappa shape index (κ3) is 4.39. The van der Waals surface area contributed by atoms with Crippen molar-refractivity contribution >= 4 is 54.9 Å². The number of amides is 1. The summed E-state index contributed by atoms with van der Waals surface area (Å²) in [5, 5.41) is 3.56. The standard InChI is InChI=1S/C28H20Br2N2O2/c29-22-18-16-20(17-19-22)26-25(30)27(33)32(28(34-26)21-10-4-1-5-11-21)31(23-12-6-2-7-13-23)24-14-8-3-9-15-24/h1-19,28H/t28-/m0/s1. The molecule has 4 aromatic rings. The molecule has 0 aliphatic carbocycles. The first-order chi connectivity index (χ1) is 16.6. The lowest BCUT2D eigenvalue weighted by Crippen LogP contribution is -2.49. The van der Waals surface area contributed by atoms with E-state index in [0.717, 1.165) is 27.0 Å². The fraction of sp³-hybridized carbons (Fsp3) is 0.0357. The summed E-state index contributed by atoms with van der Waals surface area (Å²) in [6.45, 7) is 0. The molecule has 6 heteroatoms. The third-order valence-electron chi connectivity index (χ3n) is 5.45. The van der Waals surface area contributed by atoms with Crippen LogP contribution in [0.25, 0.3) is 5.76 Å². The zero-order valence-electron chi connectivity index (χ0n) is 18.0. The van der Waals surface area contributed by atoms with E-state index in [1.807, 2.05) is 120 Å². The third-order valence-corrected chi connectivity index (χ3v) is 6.68. The summed E-state index contributed by atoms with van der Waals surface area (Å²) in [5.41, 5.74) is 3.37. The molecule has 168 valence electrons. The molecule has 0 bridgehead atoms. The summed E-state index contributed by atoms with van der Waals surface area (Å²) in [6.07, 6.45) is -0.686. The minimum Gasteiger partial charge on any atom is -0.462 e. The Morgan fingerprint density at radius 1 is 0.676 bits per heavy atom. The predicted octanol–water partition coefficient (Wildman–Crippen LogP) is 7.82. The molecular formula is C28H20Br2N2O2. The Hall–Kier alpha value is -3.35. The first-order valence-corrected chi connectivity index (χ1v) is 12.3. The van der Waals surface area contributed by atoms with Crippen LogP contribution in [0.4, 0.5) is 11.4 Å². The van der Waals surface area contributed by atoms with E-state index < -0.39 is 6.23 Å². The van der Waals surface area contributed by atoms with Crippen molar-refractivity contribution in [2.24, 2.45) is 0 Å². The minimum atomic E-state index is -0.686. The van der Waals surface area contributed by atoms with Crippen LogP contribution in [0.1, 0.15) is 17.4 Å². The highest BCUT2D eigenvalue weighted by Gasteiger charge is 2.41. The maximum atomic E-state index is 14.0. The van der Waals surface area contributed by atoms with Gasteiger partial charge in [0, 0.05) is 15.6 Å². The van der Waals surface area contributed by atoms with Gasteiger partial charge < -0.3 is 4.74 Å². The molecule has 0 saturated heterocycles. The Kier molecular flexibility index (Phi) is 6.52. The first kappa shape index (κ1) is 22.4. The quantitative estimate of drug-likeness (QED) is 0.243. The van der Waals surface area contributed by atoms with E-state index in [1.54, 1.807) is 5.01 Å². The maximum Gasteiger partial charge on any atom is 0.287 e. The summed E-state index contributed by atoms with van der Waals surface area (Å²) in [7, 11) is 0. The summed E-state index contributed by atoms with van der Waals surface area (Å²) in [5.74, 6) is 0.300. The molecule has 0 radical (unpaired) electrons. The molecule has 5 rings (SSSR count). The summed E-state index contributed by atoms with van der Waals surface area (Å²) in [4.78, 5) is 14.0. The predicted molar refractivity (Wildman–Crippen MR) is 142 cm³/mol. The van der Waals surface area contributed by atoms with Crippen LogP contribution in [0.15, 0.2) is 124 Å². The fourth-order valence-electron chi connectivity index (χ4n) is 3.87. The lowest BCUT2D eigenvalue weighted by Gasteiger charge is -2.44. The number of hydrogen-bond acceptors (Lipinski definition) is 3. The van der Waals surface area contributed by atoms with E-state index in [1.165, 1.54) is 0 Å². The van der Waals surface area contributed by atoms with Crippen molar-refractivity contribution in [2.75, 3.05) is 5.01 Å². The minimum absolute atomic E-state index is 0.203. The van der Waals surface area contributed by atoms with Gasteiger partial charge in [-0.1, -0.05) is 94.8 Å². The van der Waals surface area contributed by atoms with Crippen molar-refractivity contribution in [3.8, 4) is 0 Å². The van der Waals surface area contributed by atoms with E-state index >= 15 is 0 Å². The van der Waals surface area contributed by atoms with Gasteiger partial charge in [-0.3, -0.25) is 4.79 Å². The molecule has 0 N–H and O–H groups in total. The van der Waals surface area contributed by atoms with Gasteiger partial charge in [0.25, 0.3) is 5.91 Å². The van der Waals surface area contributed by atoms with E-state index in [-0.39, 0.29) is 5.91 Å². The van der Waals surface area contributed by atoms with Gasteiger partial charge >= 0.3 is 0 Å². The number of rotatable bonds is 5. The highest BCUT2D eigenvalue weighted by Crippen LogP contribution is 2.43. The topological polar surface area (TPSA) is 32.8 Å². The number of benzene rings is 4. The molecule has 1 aliphatic rings. The monoisotopic (exact) mass is 574 g/mol. The van der Waals surface area contributed by atoms with Crippen LogP contribution in [-0.2, 0) is 9.53 Å². The molecule has 0 aromatic heterocycles. The Morgan fingerprint density at radius 3 is 1.71 bits per heavy atom. The van der Waals surface area contributed by atoms with Gasteiger partial charge in [-0.25, -0.2) is 10.0 Å². The van der Waals surface area contributed by atoms with Crippen LogP contribution in [-0.4, -0.2) is 10.9 Å².